The Morgan fingerprint density at radius 1 is 1.46 bits per heavy atom. The minimum Gasteiger partial charge on any atom is -0.394 e. The lowest BCUT2D eigenvalue weighted by Gasteiger charge is -2.16. The van der Waals surface area contributed by atoms with Gasteiger partial charge in [-0.1, -0.05) is 12.1 Å². The normalized spacial score (nSPS) is 24.3. The number of sulfonamides is 1. The van der Waals surface area contributed by atoms with Crippen LogP contribution in [-0.2, 0) is 10.0 Å². The number of aliphatic hydroxyl groups excluding tert-OH is 1. The van der Waals surface area contributed by atoms with Crippen LogP contribution < -0.4 is 5.32 Å². The first-order valence-electron chi connectivity index (χ1n) is 8.59. The van der Waals surface area contributed by atoms with Gasteiger partial charge >= 0.3 is 0 Å². The maximum atomic E-state index is 11.7. The number of nitrogens with one attached hydrogen (secondary N) is 2. The van der Waals surface area contributed by atoms with Gasteiger partial charge in [-0.2, -0.15) is 0 Å². The first-order chi connectivity index (χ1) is 12.4. The highest BCUT2D eigenvalue weighted by Crippen LogP contribution is 2.30. The molecule has 2 unspecified atom stereocenters. The topological polar surface area (TPSA) is 97.8 Å². The smallest absolute Gasteiger partial charge is 0.211 e. The second-order valence-corrected chi connectivity index (χ2v) is 9.78. The van der Waals surface area contributed by atoms with Gasteiger partial charge in [-0.3, -0.25) is 4.99 Å². The van der Waals surface area contributed by atoms with Crippen LogP contribution in [0.5, 0.6) is 0 Å². The van der Waals surface area contributed by atoms with Gasteiger partial charge in [-0.05, 0) is 18.6 Å². The van der Waals surface area contributed by atoms with Crippen LogP contribution >= 0.6 is 11.8 Å². The molecule has 4 rings (SSSR count). The van der Waals surface area contributed by atoms with Crippen molar-refractivity contribution in [3.05, 3.63) is 30.0 Å². The lowest BCUT2D eigenvalue weighted by atomic mass is 10.2. The molecule has 3 heterocycles. The molecule has 1 aromatic heterocycles. The van der Waals surface area contributed by atoms with Crippen molar-refractivity contribution < 1.29 is 13.5 Å². The van der Waals surface area contributed by atoms with Gasteiger partial charge in [-0.25, -0.2) is 12.7 Å². The Morgan fingerprint density at radius 2 is 2.31 bits per heavy atom. The summed E-state index contributed by atoms with van der Waals surface area (Å²) in [6.45, 7) is 1.12. The molecule has 2 atom stereocenters. The van der Waals surface area contributed by atoms with Crippen LogP contribution in [0.25, 0.3) is 10.9 Å². The van der Waals surface area contributed by atoms with Gasteiger partial charge in [0.25, 0.3) is 0 Å². The van der Waals surface area contributed by atoms with E-state index in [0.29, 0.717) is 13.1 Å². The molecule has 1 saturated heterocycles. The number of fused-ring (bicyclic) bond motifs is 1. The van der Waals surface area contributed by atoms with Gasteiger partial charge in [0.1, 0.15) is 5.04 Å². The van der Waals surface area contributed by atoms with E-state index in [4.69, 9.17) is 0 Å². The molecule has 0 saturated carbocycles. The molecule has 9 heteroatoms. The molecule has 2 aromatic rings. The second kappa shape index (κ2) is 6.88. The minimum absolute atomic E-state index is 0.0283. The zero-order chi connectivity index (χ0) is 18.3. The number of hydrogen-bond donors (Lipinski definition) is 3. The van der Waals surface area contributed by atoms with Crippen molar-refractivity contribution in [2.24, 2.45) is 4.99 Å². The Hall–Kier alpha value is -1.55. The first-order valence-corrected chi connectivity index (χ1v) is 11.4. The Kier molecular flexibility index (Phi) is 4.72. The summed E-state index contributed by atoms with van der Waals surface area (Å²) in [5.74, 6) is 0.801. The molecule has 1 aromatic carbocycles. The molecule has 7 nitrogen and oxygen atoms in total. The van der Waals surface area contributed by atoms with E-state index in [2.05, 4.69) is 21.4 Å². The fraction of sp³-hybridized carbons (Fsp3) is 0.471. The fourth-order valence-electron chi connectivity index (χ4n) is 3.42. The summed E-state index contributed by atoms with van der Waals surface area (Å²) in [7, 11) is -3.14. The van der Waals surface area contributed by atoms with Gasteiger partial charge < -0.3 is 15.4 Å². The third-order valence-corrected chi connectivity index (χ3v) is 7.21. The number of aromatic nitrogens is 1. The Morgan fingerprint density at radius 3 is 3.00 bits per heavy atom. The summed E-state index contributed by atoms with van der Waals surface area (Å²) < 4.78 is 24.9. The molecule has 26 heavy (non-hydrogen) atoms. The van der Waals surface area contributed by atoms with E-state index in [1.807, 2.05) is 18.2 Å². The largest absolute Gasteiger partial charge is 0.394 e. The third kappa shape index (κ3) is 3.48. The zero-order valence-corrected chi connectivity index (χ0v) is 16.1. The average molecular weight is 395 g/mol. The van der Waals surface area contributed by atoms with Crippen molar-refractivity contribution in [3.63, 3.8) is 0 Å². The highest BCUT2D eigenvalue weighted by Gasteiger charge is 2.29. The molecule has 0 spiro atoms. The molecular formula is C17H22N4O3S2. The van der Waals surface area contributed by atoms with E-state index in [1.54, 1.807) is 11.8 Å². The van der Waals surface area contributed by atoms with Crippen molar-refractivity contribution in [1.29, 1.82) is 0 Å². The van der Waals surface area contributed by atoms with Gasteiger partial charge in [0, 0.05) is 30.3 Å². The predicted molar refractivity (Wildman–Crippen MR) is 107 cm³/mol. The lowest BCUT2D eigenvalue weighted by molar-refractivity contribution is 0.277. The maximum absolute atomic E-state index is 11.7. The SMILES string of the molecule is CS(=O)(=O)N1CCC(Nc2cccc3cc(C4=NC(CO)CS4)[nH]c23)C1. The number of para-hydroxylation sites is 1. The van der Waals surface area contributed by atoms with Crippen molar-refractivity contribution in [2.75, 3.05) is 37.0 Å². The second-order valence-electron chi connectivity index (χ2n) is 6.79. The predicted octanol–water partition coefficient (Wildman–Crippen LogP) is 1.47. The molecule has 0 aliphatic carbocycles. The van der Waals surface area contributed by atoms with Crippen LogP contribution in [0.2, 0.25) is 0 Å². The highest BCUT2D eigenvalue weighted by molar-refractivity contribution is 8.14. The summed E-state index contributed by atoms with van der Waals surface area (Å²) in [5.41, 5.74) is 2.92. The monoisotopic (exact) mass is 394 g/mol. The Bertz CT molecular complexity index is 954. The highest BCUT2D eigenvalue weighted by atomic mass is 32.2. The average Bonchev–Trinajstić information content (AvgIpc) is 3.33. The molecule has 140 valence electrons. The summed E-state index contributed by atoms with van der Waals surface area (Å²) in [6.07, 6.45) is 2.05. The number of H-pyrrole nitrogens is 1. The lowest BCUT2D eigenvalue weighted by Crippen LogP contribution is -2.30. The van der Waals surface area contributed by atoms with Crippen LogP contribution in [0.15, 0.2) is 29.3 Å². The Labute approximate surface area is 156 Å². The van der Waals surface area contributed by atoms with Crippen molar-refractivity contribution in [3.8, 4) is 0 Å². The third-order valence-electron chi connectivity index (χ3n) is 4.79. The summed E-state index contributed by atoms with van der Waals surface area (Å²) >= 11 is 1.65. The minimum atomic E-state index is -3.14. The van der Waals surface area contributed by atoms with Crippen molar-refractivity contribution in [2.45, 2.75) is 18.5 Å². The number of anilines is 1. The molecular weight excluding hydrogens is 372 g/mol. The number of aromatic amines is 1. The summed E-state index contributed by atoms with van der Waals surface area (Å²) in [4.78, 5) is 7.99. The Balaban J connectivity index is 1.57. The molecule has 1 fully saturated rings. The molecule has 0 bridgehead atoms. The molecule has 2 aliphatic heterocycles. The van der Waals surface area contributed by atoms with E-state index in [1.165, 1.54) is 10.6 Å². The quantitative estimate of drug-likeness (QED) is 0.713. The number of thioether (sulfide) groups is 1. The van der Waals surface area contributed by atoms with E-state index in [0.717, 1.165) is 39.5 Å². The van der Waals surface area contributed by atoms with Gasteiger partial charge in [0.15, 0.2) is 0 Å². The molecule has 2 aliphatic rings. The molecule has 0 amide bonds. The maximum Gasteiger partial charge on any atom is 0.211 e. The molecule has 0 radical (unpaired) electrons. The van der Waals surface area contributed by atoms with Crippen LogP contribution in [0, 0.1) is 0 Å². The van der Waals surface area contributed by atoms with Crippen LogP contribution in [-0.4, -0.2) is 71.6 Å². The van der Waals surface area contributed by atoms with Gasteiger partial charge in [0.2, 0.25) is 10.0 Å². The fourth-order valence-corrected chi connectivity index (χ4v) is 5.32. The summed E-state index contributed by atoms with van der Waals surface area (Å²) in [5, 5.41) is 14.8. The van der Waals surface area contributed by atoms with Crippen molar-refractivity contribution >= 4 is 43.4 Å². The number of hydrogen-bond acceptors (Lipinski definition) is 6. The number of benzene rings is 1. The van der Waals surface area contributed by atoms with Crippen molar-refractivity contribution in [1.82, 2.24) is 9.29 Å². The number of rotatable bonds is 5. The standard InChI is InChI=1S/C17H22N4O3S2/c1-26(23,24)21-6-5-12(8-21)18-14-4-2-3-11-7-15(20-16(11)14)17-19-13(9-22)10-25-17/h2-4,7,12-13,18,20,22H,5-6,8-10H2,1H3. The van der Waals surface area contributed by atoms with Crippen LogP contribution in [0.4, 0.5) is 5.69 Å². The van der Waals surface area contributed by atoms with E-state index in [9.17, 15) is 13.5 Å². The summed E-state index contributed by atoms with van der Waals surface area (Å²) in [6, 6.07) is 8.18. The van der Waals surface area contributed by atoms with Crippen LogP contribution in [0.3, 0.4) is 0 Å². The number of aliphatic imine (C=N–C) groups is 1. The number of nitrogens with zero attached hydrogens (tertiary/aromatic N) is 2. The number of aliphatic hydroxyl groups is 1. The van der Waals surface area contributed by atoms with Crippen LogP contribution in [0.1, 0.15) is 12.1 Å². The van der Waals surface area contributed by atoms with E-state index < -0.39 is 10.0 Å². The molecule has 3 N–H and O–H groups in total. The van der Waals surface area contributed by atoms with Gasteiger partial charge in [-0.15, -0.1) is 11.8 Å². The van der Waals surface area contributed by atoms with E-state index >= 15 is 0 Å². The zero-order valence-electron chi connectivity index (χ0n) is 14.5. The van der Waals surface area contributed by atoms with Gasteiger partial charge in [0.05, 0.1) is 35.8 Å². The first kappa shape index (κ1) is 17.8. The van der Waals surface area contributed by atoms with E-state index in [-0.39, 0.29) is 18.7 Å².